The van der Waals surface area contributed by atoms with Gasteiger partial charge in [0, 0.05) is 11.8 Å². The average Bonchev–Trinajstić information content (AvgIpc) is 2.94. The van der Waals surface area contributed by atoms with E-state index in [0.717, 1.165) is 12.1 Å². The zero-order valence-electron chi connectivity index (χ0n) is 23.0. The van der Waals surface area contributed by atoms with Gasteiger partial charge in [-0.15, -0.1) is 0 Å². The summed E-state index contributed by atoms with van der Waals surface area (Å²) in [6, 6.07) is 12.8. The van der Waals surface area contributed by atoms with Crippen molar-refractivity contribution in [2.75, 3.05) is 12.4 Å². The van der Waals surface area contributed by atoms with Gasteiger partial charge in [-0.25, -0.2) is 4.79 Å². The van der Waals surface area contributed by atoms with Crippen LogP contribution in [0, 0.1) is 5.41 Å². The Kier molecular flexibility index (Phi) is 10.4. The average molecular weight is 622 g/mol. The number of nitrogens with one attached hydrogen (secondary N) is 4. The molecule has 0 aliphatic rings. The molecule has 1 unspecified atom stereocenters. The van der Waals surface area contributed by atoms with Crippen LogP contribution in [0.2, 0.25) is 5.02 Å². The molecule has 3 aromatic carbocycles. The molecule has 3 rings (SSSR count). The van der Waals surface area contributed by atoms with E-state index >= 15 is 0 Å². The van der Waals surface area contributed by atoms with Gasteiger partial charge in [0.1, 0.15) is 17.6 Å². The van der Waals surface area contributed by atoms with Crippen molar-refractivity contribution in [3.63, 3.8) is 0 Å². The van der Waals surface area contributed by atoms with Crippen molar-refractivity contribution in [2.45, 2.75) is 32.2 Å². The maximum Gasteiger partial charge on any atom is 0.491 e. The highest BCUT2D eigenvalue weighted by Crippen LogP contribution is 2.34. The zero-order valence-corrected chi connectivity index (χ0v) is 23.7. The monoisotopic (exact) mass is 621 g/mol. The Morgan fingerprint density at radius 2 is 1.63 bits per heavy atom. The van der Waals surface area contributed by atoms with Crippen LogP contribution in [0.15, 0.2) is 60.7 Å². The second-order valence-corrected chi connectivity index (χ2v) is 9.50. The lowest BCUT2D eigenvalue weighted by Crippen LogP contribution is -2.45. The van der Waals surface area contributed by atoms with Crippen molar-refractivity contribution in [1.29, 1.82) is 5.41 Å². The van der Waals surface area contributed by atoms with Crippen LogP contribution in [0.25, 0.3) is 0 Å². The molecule has 0 saturated carbocycles. The predicted octanol–water partition coefficient (Wildman–Crippen LogP) is 4.50. The highest BCUT2D eigenvalue weighted by molar-refractivity contribution is 6.33. The first-order valence-electron chi connectivity index (χ1n) is 12.4. The molecule has 11 nitrogen and oxygen atoms in total. The number of hydrogen-bond donors (Lipinski definition) is 5. The maximum absolute atomic E-state index is 13.4. The summed E-state index contributed by atoms with van der Waals surface area (Å²) in [5.41, 5.74) is 10.1. The smallest absolute Gasteiger partial charge is 0.491 e. The summed E-state index contributed by atoms with van der Waals surface area (Å²) in [5, 5.41) is 10.6. The topological polar surface area (TPSA) is 165 Å². The van der Waals surface area contributed by atoms with Crippen LogP contribution in [-0.4, -0.2) is 43.0 Å². The summed E-state index contributed by atoms with van der Waals surface area (Å²) in [6.45, 7) is 3.61. The molecule has 0 aliphatic carbocycles. The molecule has 0 aromatic heterocycles. The highest BCUT2D eigenvalue weighted by atomic mass is 35.5. The van der Waals surface area contributed by atoms with Gasteiger partial charge in [0.15, 0.2) is 11.5 Å². The third-order valence-corrected chi connectivity index (χ3v) is 5.91. The summed E-state index contributed by atoms with van der Waals surface area (Å²) in [5.74, 6) is -4.78. The number of esters is 1. The minimum atomic E-state index is -5.32. The molecule has 1 atom stereocenters. The van der Waals surface area contributed by atoms with Gasteiger partial charge >= 0.3 is 12.1 Å². The first-order chi connectivity index (χ1) is 20.2. The maximum atomic E-state index is 13.4. The lowest BCUT2D eigenvalue weighted by molar-refractivity contribution is -0.189. The Morgan fingerprint density at radius 1 is 0.930 bits per heavy atom. The van der Waals surface area contributed by atoms with Gasteiger partial charge in [-0.2, -0.15) is 13.2 Å². The van der Waals surface area contributed by atoms with Crippen LogP contribution >= 0.6 is 11.6 Å². The first kappa shape index (κ1) is 32.5. The van der Waals surface area contributed by atoms with E-state index in [4.69, 9.17) is 32.2 Å². The Balaban J connectivity index is 1.99. The SMILES string of the molecule is COc1cc(C(Nc2ccc(C(=N)N)c(OC(=O)C(F)(F)F)c2)C(=O)NNC(=O)c2ccccc2Cl)ccc1OC(C)C. The number of hydrogen-bond acceptors (Lipinski definition) is 8. The first-order valence-corrected chi connectivity index (χ1v) is 12.8. The Hall–Kier alpha value is -4.98. The fourth-order valence-electron chi connectivity index (χ4n) is 3.66. The molecular weight excluding hydrogens is 595 g/mol. The molecule has 0 spiro atoms. The van der Waals surface area contributed by atoms with Crippen LogP contribution in [0.5, 0.6) is 17.2 Å². The predicted molar refractivity (Wildman–Crippen MR) is 151 cm³/mol. The second-order valence-electron chi connectivity index (χ2n) is 9.09. The van der Waals surface area contributed by atoms with Crippen LogP contribution in [-0.2, 0) is 9.59 Å². The third kappa shape index (κ3) is 8.52. The molecule has 15 heteroatoms. The largest absolute Gasteiger partial charge is 0.493 e. The summed E-state index contributed by atoms with van der Waals surface area (Å²) in [4.78, 5) is 37.6. The van der Waals surface area contributed by atoms with E-state index in [1.807, 2.05) is 0 Å². The normalized spacial score (nSPS) is 11.7. The van der Waals surface area contributed by atoms with Crippen molar-refractivity contribution >= 4 is 40.9 Å². The highest BCUT2D eigenvalue weighted by Gasteiger charge is 2.42. The van der Waals surface area contributed by atoms with Gasteiger partial charge in [-0.05, 0) is 55.8 Å². The van der Waals surface area contributed by atoms with Crippen molar-refractivity contribution in [1.82, 2.24) is 10.9 Å². The zero-order chi connectivity index (χ0) is 31.9. The number of amides is 2. The number of benzene rings is 3. The van der Waals surface area contributed by atoms with Crippen LogP contribution in [0.4, 0.5) is 18.9 Å². The van der Waals surface area contributed by atoms with E-state index in [1.54, 1.807) is 32.0 Å². The minimum absolute atomic E-state index is 0.00553. The quantitative estimate of drug-likeness (QED) is 0.0726. The number of halogens is 4. The van der Waals surface area contributed by atoms with Crippen LogP contribution < -0.4 is 36.1 Å². The van der Waals surface area contributed by atoms with E-state index in [9.17, 15) is 27.6 Å². The number of hydrazine groups is 1. The molecule has 0 heterocycles. The Morgan fingerprint density at radius 3 is 2.23 bits per heavy atom. The molecule has 0 bridgehead atoms. The summed E-state index contributed by atoms with van der Waals surface area (Å²) in [6.07, 6.45) is -5.52. The van der Waals surface area contributed by atoms with Crippen molar-refractivity contribution in [3.05, 3.63) is 82.4 Å². The lowest BCUT2D eigenvalue weighted by atomic mass is 10.0. The van der Waals surface area contributed by atoms with E-state index in [2.05, 4.69) is 20.9 Å². The molecule has 2 amide bonds. The number of methoxy groups -OCH3 is 1. The molecule has 228 valence electrons. The fraction of sp³-hybridized carbons (Fsp3) is 0.214. The molecular formula is C28H27ClF3N5O6. The molecule has 6 N–H and O–H groups in total. The van der Waals surface area contributed by atoms with Crippen molar-refractivity contribution in [3.8, 4) is 17.2 Å². The van der Waals surface area contributed by atoms with E-state index < -0.39 is 41.6 Å². The molecule has 0 aliphatic heterocycles. The van der Waals surface area contributed by atoms with Gasteiger partial charge < -0.3 is 25.3 Å². The van der Waals surface area contributed by atoms with Gasteiger partial charge in [0.2, 0.25) is 0 Å². The number of nitrogen functional groups attached to an aromatic ring is 1. The van der Waals surface area contributed by atoms with Crippen LogP contribution in [0.3, 0.4) is 0 Å². The molecule has 0 radical (unpaired) electrons. The van der Waals surface area contributed by atoms with Gasteiger partial charge in [-0.3, -0.25) is 25.8 Å². The standard InChI is InChI=1S/C28H27ClF3N5O6/c1-14(2)42-20-11-8-15(12-22(20)41-3)23(26(39)37-36-25(38)17-6-4-5-7-19(17)29)35-16-9-10-18(24(33)34)21(13-16)43-27(40)28(30,31)32/h4-14,23,35H,1-3H3,(H3,33,34)(H,36,38)(H,37,39). The number of ether oxygens (including phenoxy) is 3. The molecule has 0 saturated heterocycles. The number of rotatable bonds is 10. The van der Waals surface area contributed by atoms with Gasteiger partial charge in [0.05, 0.1) is 29.4 Å². The molecule has 43 heavy (non-hydrogen) atoms. The number of anilines is 1. The van der Waals surface area contributed by atoms with Gasteiger partial charge in [-0.1, -0.05) is 29.8 Å². The number of carbonyl (C=O) groups excluding carboxylic acids is 3. The number of amidine groups is 1. The van der Waals surface area contributed by atoms with Gasteiger partial charge in [0.25, 0.3) is 11.8 Å². The lowest BCUT2D eigenvalue weighted by Gasteiger charge is -2.22. The van der Waals surface area contributed by atoms with Crippen molar-refractivity contribution in [2.24, 2.45) is 5.73 Å². The summed E-state index contributed by atoms with van der Waals surface area (Å²) >= 11 is 6.06. The number of carbonyl (C=O) groups is 3. The molecule has 3 aromatic rings. The summed E-state index contributed by atoms with van der Waals surface area (Å²) < 4.78 is 54.3. The fourth-order valence-corrected chi connectivity index (χ4v) is 3.88. The summed E-state index contributed by atoms with van der Waals surface area (Å²) in [7, 11) is 1.39. The van der Waals surface area contributed by atoms with E-state index in [0.29, 0.717) is 5.75 Å². The van der Waals surface area contributed by atoms with E-state index in [1.165, 1.54) is 37.4 Å². The Bertz CT molecular complexity index is 1530. The minimum Gasteiger partial charge on any atom is -0.493 e. The van der Waals surface area contributed by atoms with E-state index in [-0.39, 0.29) is 39.3 Å². The van der Waals surface area contributed by atoms with Crippen LogP contribution in [0.1, 0.15) is 41.4 Å². The second kappa shape index (κ2) is 13.8. The Labute approximate surface area is 248 Å². The number of alkyl halides is 3. The third-order valence-electron chi connectivity index (χ3n) is 5.58. The molecule has 0 fully saturated rings. The van der Waals surface area contributed by atoms with Crippen molar-refractivity contribution < 1.29 is 41.8 Å². The number of nitrogens with two attached hydrogens (primary N) is 1.